The molecular weight excluding hydrogens is 291 g/mol. The number of ether oxygens (including phenoxy) is 1. The molecule has 0 aliphatic carbocycles. The minimum atomic E-state index is -0.0853. The SMILES string of the molecule is COC(=O)CCCCCCCC=CI. The van der Waals surface area contributed by atoms with Crippen LogP contribution in [0, 0.1) is 0 Å². The highest BCUT2D eigenvalue weighted by Crippen LogP contribution is 2.08. The van der Waals surface area contributed by atoms with Gasteiger partial charge in [-0.25, -0.2) is 0 Å². The number of unbranched alkanes of at least 4 members (excludes halogenated alkanes) is 5. The van der Waals surface area contributed by atoms with Crippen molar-refractivity contribution in [1.29, 1.82) is 0 Å². The van der Waals surface area contributed by atoms with E-state index in [1.54, 1.807) is 0 Å². The van der Waals surface area contributed by atoms with E-state index in [1.165, 1.54) is 32.8 Å². The van der Waals surface area contributed by atoms with Crippen LogP contribution in [-0.2, 0) is 9.53 Å². The number of esters is 1. The average Bonchev–Trinajstić information content (AvgIpc) is 2.21. The Morgan fingerprint density at radius 2 is 1.86 bits per heavy atom. The number of carbonyl (C=O) groups is 1. The largest absolute Gasteiger partial charge is 0.469 e. The summed E-state index contributed by atoms with van der Waals surface area (Å²) < 4.78 is 6.63. The van der Waals surface area contributed by atoms with Gasteiger partial charge in [-0.15, -0.1) is 0 Å². The van der Waals surface area contributed by atoms with Crippen LogP contribution in [0.4, 0.5) is 0 Å². The van der Waals surface area contributed by atoms with Crippen molar-refractivity contribution in [3.63, 3.8) is 0 Å². The molecule has 0 fully saturated rings. The summed E-state index contributed by atoms with van der Waals surface area (Å²) in [4.78, 5) is 10.8. The third-order valence-corrected chi connectivity index (χ3v) is 2.58. The molecule has 14 heavy (non-hydrogen) atoms. The topological polar surface area (TPSA) is 26.3 Å². The van der Waals surface area contributed by atoms with Gasteiger partial charge in [0.05, 0.1) is 7.11 Å². The molecule has 0 saturated carbocycles. The Bertz CT molecular complexity index is 167. The van der Waals surface area contributed by atoms with E-state index in [-0.39, 0.29) is 5.97 Å². The zero-order chi connectivity index (χ0) is 10.6. The monoisotopic (exact) mass is 310 g/mol. The normalized spacial score (nSPS) is 10.7. The Labute approximate surface area is 100 Å². The Morgan fingerprint density at radius 3 is 2.50 bits per heavy atom. The van der Waals surface area contributed by atoms with Gasteiger partial charge in [0, 0.05) is 6.42 Å². The molecule has 0 heterocycles. The molecule has 0 aliphatic heterocycles. The summed E-state index contributed by atoms with van der Waals surface area (Å²) >= 11 is 2.24. The maximum atomic E-state index is 10.8. The van der Waals surface area contributed by atoms with Gasteiger partial charge < -0.3 is 4.74 Å². The molecular formula is C11H19IO2. The maximum absolute atomic E-state index is 10.8. The van der Waals surface area contributed by atoms with Gasteiger partial charge in [0.25, 0.3) is 0 Å². The number of rotatable bonds is 8. The van der Waals surface area contributed by atoms with E-state index in [2.05, 4.69) is 37.5 Å². The summed E-state index contributed by atoms with van der Waals surface area (Å²) in [6.45, 7) is 0. The van der Waals surface area contributed by atoms with Crippen molar-refractivity contribution in [3.8, 4) is 0 Å². The highest BCUT2D eigenvalue weighted by Gasteiger charge is 1.98. The molecule has 2 nitrogen and oxygen atoms in total. The standard InChI is InChI=1S/C11H19IO2/c1-14-11(13)9-7-5-3-2-4-6-8-10-12/h8,10H,2-7,9H2,1H3. The number of methoxy groups -OCH3 is 1. The van der Waals surface area contributed by atoms with Crippen LogP contribution in [0.1, 0.15) is 44.9 Å². The summed E-state index contributed by atoms with van der Waals surface area (Å²) in [6, 6.07) is 0. The third-order valence-electron chi connectivity index (χ3n) is 2.07. The van der Waals surface area contributed by atoms with Crippen LogP contribution >= 0.6 is 22.6 Å². The lowest BCUT2D eigenvalue weighted by molar-refractivity contribution is -0.140. The van der Waals surface area contributed by atoms with Crippen LogP contribution in [0.25, 0.3) is 0 Å². The summed E-state index contributed by atoms with van der Waals surface area (Å²) in [6.07, 6.45) is 9.81. The van der Waals surface area contributed by atoms with Gasteiger partial charge in [0.15, 0.2) is 0 Å². The Morgan fingerprint density at radius 1 is 1.21 bits per heavy atom. The van der Waals surface area contributed by atoms with Crippen LogP contribution in [0.15, 0.2) is 10.2 Å². The lowest BCUT2D eigenvalue weighted by atomic mass is 10.1. The number of halogens is 1. The first-order valence-corrected chi connectivity index (χ1v) is 6.38. The molecule has 82 valence electrons. The Balaban J connectivity index is 3.02. The second kappa shape index (κ2) is 11.0. The first-order chi connectivity index (χ1) is 6.81. The second-order valence-corrected chi connectivity index (χ2v) is 3.96. The first kappa shape index (κ1) is 13.9. The summed E-state index contributed by atoms with van der Waals surface area (Å²) in [5.41, 5.74) is 0. The van der Waals surface area contributed by atoms with Gasteiger partial charge in [0.1, 0.15) is 0 Å². The summed E-state index contributed by atoms with van der Waals surface area (Å²) in [5, 5.41) is 0. The van der Waals surface area contributed by atoms with Crippen LogP contribution in [0.2, 0.25) is 0 Å². The predicted molar refractivity (Wildman–Crippen MR) is 67.5 cm³/mol. The maximum Gasteiger partial charge on any atom is 0.305 e. The van der Waals surface area contributed by atoms with Gasteiger partial charge in [-0.2, -0.15) is 0 Å². The average molecular weight is 310 g/mol. The zero-order valence-corrected chi connectivity index (χ0v) is 11.0. The van der Waals surface area contributed by atoms with Crippen LogP contribution in [0.3, 0.4) is 0 Å². The lowest BCUT2D eigenvalue weighted by Crippen LogP contribution is -1.98. The van der Waals surface area contributed by atoms with Crippen LogP contribution < -0.4 is 0 Å². The van der Waals surface area contributed by atoms with E-state index in [1.807, 2.05) is 0 Å². The van der Waals surface area contributed by atoms with E-state index in [0.29, 0.717) is 6.42 Å². The van der Waals surface area contributed by atoms with E-state index in [4.69, 9.17) is 0 Å². The quantitative estimate of drug-likeness (QED) is 0.387. The number of hydrogen-bond acceptors (Lipinski definition) is 2. The van der Waals surface area contributed by atoms with Crippen molar-refractivity contribution < 1.29 is 9.53 Å². The van der Waals surface area contributed by atoms with Crippen molar-refractivity contribution in [2.75, 3.05) is 7.11 Å². The van der Waals surface area contributed by atoms with Gasteiger partial charge in [-0.3, -0.25) is 4.79 Å². The molecule has 0 aromatic rings. The highest BCUT2D eigenvalue weighted by molar-refractivity contribution is 14.1. The molecule has 0 spiro atoms. The molecule has 0 aliphatic rings. The van der Waals surface area contributed by atoms with Crippen molar-refractivity contribution >= 4 is 28.6 Å². The van der Waals surface area contributed by atoms with Crippen LogP contribution in [-0.4, -0.2) is 13.1 Å². The highest BCUT2D eigenvalue weighted by atomic mass is 127. The molecule has 0 N–H and O–H groups in total. The van der Waals surface area contributed by atoms with Crippen molar-refractivity contribution in [1.82, 2.24) is 0 Å². The fourth-order valence-electron chi connectivity index (χ4n) is 1.23. The van der Waals surface area contributed by atoms with Gasteiger partial charge in [0.2, 0.25) is 0 Å². The lowest BCUT2D eigenvalue weighted by Gasteiger charge is -1.99. The van der Waals surface area contributed by atoms with E-state index < -0.39 is 0 Å². The summed E-state index contributed by atoms with van der Waals surface area (Å²) in [7, 11) is 1.44. The molecule has 0 saturated heterocycles. The molecule has 0 rings (SSSR count). The predicted octanol–water partition coefficient (Wildman–Crippen LogP) is 3.84. The Kier molecular flexibility index (Phi) is 11.0. The van der Waals surface area contributed by atoms with Crippen molar-refractivity contribution in [2.24, 2.45) is 0 Å². The molecule has 0 radical (unpaired) electrons. The summed E-state index contributed by atoms with van der Waals surface area (Å²) in [5.74, 6) is -0.0853. The minimum absolute atomic E-state index is 0.0853. The van der Waals surface area contributed by atoms with Gasteiger partial charge in [-0.1, -0.05) is 47.9 Å². The molecule has 0 atom stereocenters. The van der Waals surface area contributed by atoms with E-state index in [0.717, 1.165) is 12.8 Å². The van der Waals surface area contributed by atoms with E-state index >= 15 is 0 Å². The minimum Gasteiger partial charge on any atom is -0.469 e. The van der Waals surface area contributed by atoms with Crippen LogP contribution in [0.5, 0.6) is 0 Å². The van der Waals surface area contributed by atoms with E-state index in [9.17, 15) is 4.79 Å². The molecule has 0 aromatic carbocycles. The fourth-order valence-corrected chi connectivity index (χ4v) is 1.59. The van der Waals surface area contributed by atoms with Crippen molar-refractivity contribution in [2.45, 2.75) is 44.9 Å². The number of allylic oxidation sites excluding steroid dienone is 1. The number of carbonyl (C=O) groups excluding carboxylic acids is 1. The van der Waals surface area contributed by atoms with Gasteiger partial charge >= 0.3 is 5.97 Å². The zero-order valence-electron chi connectivity index (χ0n) is 8.80. The van der Waals surface area contributed by atoms with Gasteiger partial charge in [-0.05, 0) is 23.3 Å². The molecule has 0 aromatic heterocycles. The third kappa shape index (κ3) is 10.0. The molecule has 0 amide bonds. The van der Waals surface area contributed by atoms with Crippen molar-refractivity contribution in [3.05, 3.63) is 10.2 Å². The first-order valence-electron chi connectivity index (χ1n) is 5.13. The Hall–Kier alpha value is -0.0600. The fraction of sp³-hybridized carbons (Fsp3) is 0.727. The smallest absolute Gasteiger partial charge is 0.305 e. The molecule has 0 bridgehead atoms. The number of hydrogen-bond donors (Lipinski definition) is 0. The second-order valence-electron chi connectivity index (χ2n) is 3.24. The molecule has 0 unspecified atom stereocenters. The molecule has 3 heteroatoms.